The summed E-state index contributed by atoms with van der Waals surface area (Å²) in [6.45, 7) is 6.24. The highest BCUT2D eigenvalue weighted by atomic mass is 16.2. The van der Waals surface area contributed by atoms with Gasteiger partial charge in [-0.1, -0.05) is 19.8 Å². The van der Waals surface area contributed by atoms with E-state index in [9.17, 15) is 4.79 Å². The zero-order valence-corrected chi connectivity index (χ0v) is 12.8. The Balaban J connectivity index is 2.42. The van der Waals surface area contributed by atoms with Crippen molar-refractivity contribution in [2.75, 3.05) is 26.2 Å². The fraction of sp³-hybridized carbons (Fsp3) is 0.938. The van der Waals surface area contributed by atoms with E-state index in [1.165, 1.54) is 38.5 Å². The van der Waals surface area contributed by atoms with Gasteiger partial charge in [-0.05, 0) is 51.5 Å². The number of piperidine rings is 1. The van der Waals surface area contributed by atoms with E-state index in [0.717, 1.165) is 56.3 Å². The van der Waals surface area contributed by atoms with Crippen molar-refractivity contribution < 1.29 is 9.28 Å². The minimum atomic E-state index is 0.514. The van der Waals surface area contributed by atoms with E-state index in [-0.39, 0.29) is 0 Å². The molecule has 1 rings (SSSR count). The van der Waals surface area contributed by atoms with Gasteiger partial charge < -0.3 is 5.73 Å². The fourth-order valence-electron chi connectivity index (χ4n) is 3.19. The Morgan fingerprint density at radius 2 is 1.68 bits per heavy atom. The van der Waals surface area contributed by atoms with Crippen LogP contribution in [0.3, 0.4) is 0 Å². The average molecular weight is 269 g/mol. The maximum atomic E-state index is 12.6. The van der Waals surface area contributed by atoms with Crippen molar-refractivity contribution >= 4 is 5.91 Å². The summed E-state index contributed by atoms with van der Waals surface area (Å²) in [5, 5.41) is 0. The van der Waals surface area contributed by atoms with Gasteiger partial charge in [0, 0.05) is 0 Å². The van der Waals surface area contributed by atoms with Crippen molar-refractivity contribution in [1.29, 1.82) is 0 Å². The number of carbonyl (C=O) groups is 1. The second kappa shape index (κ2) is 9.49. The van der Waals surface area contributed by atoms with Gasteiger partial charge in [-0.3, -0.25) is 4.48 Å². The van der Waals surface area contributed by atoms with Crippen LogP contribution in [0, 0.1) is 0 Å². The van der Waals surface area contributed by atoms with E-state index in [4.69, 9.17) is 5.73 Å². The van der Waals surface area contributed by atoms with Crippen LogP contribution in [0.2, 0.25) is 0 Å². The first-order chi connectivity index (χ1) is 9.25. The molecule has 112 valence electrons. The van der Waals surface area contributed by atoms with E-state index in [2.05, 4.69) is 6.92 Å². The molecular weight excluding hydrogens is 236 g/mol. The van der Waals surface area contributed by atoms with Crippen molar-refractivity contribution in [3.05, 3.63) is 0 Å². The smallest absolute Gasteiger partial charge is 0.313 e. The van der Waals surface area contributed by atoms with E-state index >= 15 is 0 Å². The summed E-state index contributed by atoms with van der Waals surface area (Å²) >= 11 is 0. The molecule has 1 aliphatic heterocycles. The quantitative estimate of drug-likeness (QED) is 0.516. The van der Waals surface area contributed by atoms with Crippen LogP contribution in [0.1, 0.15) is 71.1 Å². The molecule has 0 unspecified atom stereocenters. The Morgan fingerprint density at radius 1 is 1.00 bits per heavy atom. The molecule has 1 saturated heterocycles. The molecule has 1 fully saturated rings. The molecule has 0 spiro atoms. The van der Waals surface area contributed by atoms with E-state index in [0.29, 0.717) is 5.91 Å². The van der Waals surface area contributed by atoms with Gasteiger partial charge >= 0.3 is 5.91 Å². The average Bonchev–Trinajstić information content (AvgIpc) is 2.45. The van der Waals surface area contributed by atoms with Crippen molar-refractivity contribution in [1.82, 2.24) is 0 Å². The van der Waals surface area contributed by atoms with Gasteiger partial charge in [0.1, 0.15) is 0 Å². The van der Waals surface area contributed by atoms with Gasteiger partial charge in [-0.25, -0.2) is 4.79 Å². The number of carbonyl (C=O) groups excluding carboxylic acids is 1. The molecule has 1 heterocycles. The van der Waals surface area contributed by atoms with Crippen molar-refractivity contribution in [3.8, 4) is 0 Å². The molecule has 19 heavy (non-hydrogen) atoms. The lowest BCUT2D eigenvalue weighted by molar-refractivity contribution is -0.860. The standard InChI is InChI=1S/C16H33N2O/c1-2-3-11-16(19)18(14-9-6-10-15-18)13-8-5-4-7-12-17/h2-15,17H2,1H3/q+1. The van der Waals surface area contributed by atoms with Gasteiger partial charge in [0.25, 0.3) is 0 Å². The van der Waals surface area contributed by atoms with Crippen LogP contribution in [-0.2, 0) is 4.79 Å². The summed E-state index contributed by atoms with van der Waals surface area (Å²) in [5.74, 6) is 0.514. The Morgan fingerprint density at radius 3 is 2.32 bits per heavy atom. The maximum Gasteiger partial charge on any atom is 0.313 e. The number of rotatable bonds is 9. The number of likely N-dealkylation sites (tertiary alicyclic amines) is 1. The van der Waals surface area contributed by atoms with Gasteiger partial charge in [0.2, 0.25) is 0 Å². The van der Waals surface area contributed by atoms with E-state index < -0.39 is 0 Å². The number of quaternary nitrogens is 1. The number of hydrogen-bond acceptors (Lipinski definition) is 2. The largest absolute Gasteiger partial charge is 0.330 e. The number of amides is 1. The molecule has 0 saturated carbocycles. The molecule has 0 aromatic heterocycles. The minimum absolute atomic E-state index is 0.514. The molecule has 0 aliphatic carbocycles. The third-order valence-corrected chi connectivity index (χ3v) is 4.49. The van der Waals surface area contributed by atoms with Crippen LogP contribution in [0.15, 0.2) is 0 Å². The molecule has 1 aliphatic rings. The zero-order valence-electron chi connectivity index (χ0n) is 12.8. The van der Waals surface area contributed by atoms with Crippen molar-refractivity contribution in [3.63, 3.8) is 0 Å². The topological polar surface area (TPSA) is 43.1 Å². The van der Waals surface area contributed by atoms with Crippen molar-refractivity contribution in [2.45, 2.75) is 71.1 Å². The molecule has 1 amide bonds. The number of nitrogens with zero attached hydrogens (tertiary/aromatic N) is 1. The highest BCUT2D eigenvalue weighted by Gasteiger charge is 2.36. The Hall–Kier alpha value is -0.410. The Bertz CT molecular complexity index is 247. The van der Waals surface area contributed by atoms with Gasteiger partial charge in [-0.2, -0.15) is 0 Å². The molecule has 0 atom stereocenters. The second-order valence-electron chi connectivity index (χ2n) is 6.08. The highest BCUT2D eigenvalue weighted by molar-refractivity contribution is 5.69. The lowest BCUT2D eigenvalue weighted by Crippen LogP contribution is -2.56. The van der Waals surface area contributed by atoms with E-state index in [1.807, 2.05) is 0 Å². The summed E-state index contributed by atoms with van der Waals surface area (Å²) in [5.41, 5.74) is 5.52. The van der Waals surface area contributed by atoms with Gasteiger partial charge in [0.15, 0.2) is 0 Å². The first-order valence-electron chi connectivity index (χ1n) is 8.35. The Labute approximate surface area is 119 Å². The molecule has 0 aromatic rings. The zero-order chi connectivity index (χ0) is 14.0. The molecule has 3 heteroatoms. The molecule has 0 aromatic carbocycles. The van der Waals surface area contributed by atoms with Crippen LogP contribution in [-0.4, -0.2) is 36.6 Å². The first-order valence-corrected chi connectivity index (χ1v) is 8.35. The SMILES string of the molecule is CCCCC(=O)[N+]1(CCCCCCN)CCCCC1. The molecule has 2 N–H and O–H groups in total. The third-order valence-electron chi connectivity index (χ3n) is 4.49. The molecular formula is C16H33N2O+. The maximum absolute atomic E-state index is 12.6. The summed E-state index contributed by atoms with van der Waals surface area (Å²) in [4.78, 5) is 12.6. The number of hydrogen-bond donors (Lipinski definition) is 1. The van der Waals surface area contributed by atoms with E-state index in [1.54, 1.807) is 0 Å². The predicted octanol–water partition coefficient (Wildman–Crippen LogP) is 3.22. The van der Waals surface area contributed by atoms with Crippen LogP contribution >= 0.6 is 0 Å². The van der Waals surface area contributed by atoms with Crippen LogP contribution < -0.4 is 5.73 Å². The second-order valence-corrected chi connectivity index (χ2v) is 6.08. The third kappa shape index (κ3) is 5.62. The summed E-state index contributed by atoms with van der Waals surface area (Å²) in [7, 11) is 0. The number of unbranched alkanes of at least 4 members (excludes halogenated alkanes) is 4. The lowest BCUT2D eigenvalue weighted by Gasteiger charge is -2.39. The summed E-state index contributed by atoms with van der Waals surface area (Å²) in [6.07, 6.45) is 11.5. The first kappa shape index (κ1) is 16.6. The van der Waals surface area contributed by atoms with Crippen LogP contribution in [0.5, 0.6) is 0 Å². The molecule has 3 nitrogen and oxygen atoms in total. The normalized spacial score (nSPS) is 18.4. The van der Waals surface area contributed by atoms with Gasteiger partial charge in [-0.15, -0.1) is 0 Å². The van der Waals surface area contributed by atoms with Crippen LogP contribution in [0.25, 0.3) is 0 Å². The highest BCUT2D eigenvalue weighted by Crippen LogP contribution is 2.23. The van der Waals surface area contributed by atoms with Crippen LogP contribution in [0.4, 0.5) is 0 Å². The van der Waals surface area contributed by atoms with Crippen molar-refractivity contribution in [2.24, 2.45) is 5.73 Å². The lowest BCUT2D eigenvalue weighted by atomic mass is 10.0. The monoisotopic (exact) mass is 269 g/mol. The van der Waals surface area contributed by atoms with Gasteiger partial charge in [0.05, 0.1) is 26.1 Å². The molecule has 0 bridgehead atoms. The number of nitrogens with two attached hydrogens (primary N) is 1. The fourth-order valence-corrected chi connectivity index (χ4v) is 3.19. The summed E-state index contributed by atoms with van der Waals surface area (Å²) in [6, 6.07) is 0. The minimum Gasteiger partial charge on any atom is -0.330 e. The summed E-state index contributed by atoms with van der Waals surface area (Å²) < 4.78 is 0.794. The molecule has 0 radical (unpaired) electrons. The Kier molecular flexibility index (Phi) is 8.31. The predicted molar refractivity (Wildman–Crippen MR) is 80.8 cm³/mol.